The summed E-state index contributed by atoms with van der Waals surface area (Å²) in [4.78, 5) is -1.17. The van der Waals surface area contributed by atoms with Gasteiger partial charge in [-0.15, -0.1) is 0 Å². The summed E-state index contributed by atoms with van der Waals surface area (Å²) >= 11 is 23.6. The van der Waals surface area contributed by atoms with Crippen LogP contribution >= 0.6 is 46.4 Å². The number of halogens is 4. The van der Waals surface area contributed by atoms with Crippen LogP contribution in [0.15, 0.2) is 34.1 Å². The molecule has 0 aromatic heterocycles. The van der Waals surface area contributed by atoms with E-state index in [9.17, 15) is 16.8 Å². The molecule has 4 N–H and O–H groups in total. The smallest absolute Gasteiger partial charge is 0.243 e. The van der Waals surface area contributed by atoms with E-state index in [2.05, 4.69) is 0 Å². The fourth-order valence-electron chi connectivity index (χ4n) is 1.82. The Kier molecular flexibility index (Phi) is 5.82. The molecule has 0 saturated heterocycles. The van der Waals surface area contributed by atoms with Gasteiger partial charge in [-0.2, -0.15) is 0 Å². The van der Waals surface area contributed by atoms with E-state index in [1.807, 2.05) is 0 Å². The average Bonchev–Trinajstić information content (AvgIpc) is 2.48. The van der Waals surface area contributed by atoms with Crippen molar-refractivity contribution in [3.05, 3.63) is 44.4 Å². The lowest BCUT2D eigenvalue weighted by Gasteiger charge is -2.17. The van der Waals surface area contributed by atoms with Crippen molar-refractivity contribution in [2.75, 3.05) is 0 Å². The number of para-hydroxylation sites is 1. The van der Waals surface area contributed by atoms with Crippen molar-refractivity contribution in [1.82, 2.24) is 0 Å². The Bertz CT molecular complexity index is 1070. The van der Waals surface area contributed by atoms with Crippen LogP contribution in [0.5, 0.6) is 11.5 Å². The maximum absolute atomic E-state index is 11.9. The summed E-state index contributed by atoms with van der Waals surface area (Å²) < 4.78 is 52.4. The molecule has 0 bridgehead atoms. The summed E-state index contributed by atoms with van der Waals surface area (Å²) in [6.45, 7) is 0. The van der Waals surface area contributed by atoms with Crippen molar-refractivity contribution in [1.29, 1.82) is 0 Å². The van der Waals surface area contributed by atoms with Crippen molar-refractivity contribution >= 4 is 66.5 Å². The van der Waals surface area contributed by atoms with Gasteiger partial charge in [-0.25, -0.2) is 27.1 Å². The van der Waals surface area contributed by atoms with Gasteiger partial charge in [0.25, 0.3) is 0 Å². The highest BCUT2D eigenvalue weighted by Gasteiger charge is 2.30. The summed E-state index contributed by atoms with van der Waals surface area (Å²) in [6, 6.07) is 5.18. The van der Waals surface area contributed by atoms with Gasteiger partial charge in [-0.1, -0.05) is 58.5 Å². The van der Waals surface area contributed by atoms with Crippen molar-refractivity contribution in [3.63, 3.8) is 0 Å². The molecule has 0 spiro atoms. The fraction of sp³-hybridized carbons (Fsp3) is 0. The van der Waals surface area contributed by atoms with Crippen LogP contribution in [-0.2, 0) is 20.0 Å². The highest BCUT2D eigenvalue weighted by molar-refractivity contribution is 7.89. The first-order valence-corrected chi connectivity index (χ1v) is 10.6. The minimum atomic E-state index is -4.46. The Balaban J connectivity index is 2.83. The zero-order valence-electron chi connectivity index (χ0n) is 11.8. The molecule has 0 aliphatic carbocycles. The van der Waals surface area contributed by atoms with Gasteiger partial charge >= 0.3 is 0 Å². The molecule has 2 aromatic rings. The molecule has 136 valence electrons. The third-order valence-electron chi connectivity index (χ3n) is 2.84. The second kappa shape index (κ2) is 7.09. The summed E-state index contributed by atoms with van der Waals surface area (Å²) in [5, 5.41) is 8.62. The molecule has 0 aliphatic rings. The Morgan fingerprint density at radius 2 is 1.28 bits per heavy atom. The Morgan fingerprint density at radius 3 is 1.80 bits per heavy atom. The SMILES string of the molecule is NS(=O)(=O)c1ccccc1Oc1c(Cl)c(Cl)c(Cl)c(Cl)c1S(N)(=O)=O. The number of ether oxygens (including phenoxy) is 1. The molecule has 0 amide bonds. The average molecular weight is 466 g/mol. The van der Waals surface area contributed by atoms with Crippen LogP contribution in [-0.4, -0.2) is 16.8 Å². The lowest BCUT2D eigenvalue weighted by molar-refractivity contribution is 0.454. The van der Waals surface area contributed by atoms with Crippen LogP contribution < -0.4 is 15.0 Å². The number of rotatable bonds is 4. The highest BCUT2D eigenvalue weighted by atomic mass is 35.5. The molecule has 2 rings (SSSR count). The normalized spacial score (nSPS) is 12.2. The Hall–Kier alpha value is -0.780. The molecule has 0 atom stereocenters. The molecule has 25 heavy (non-hydrogen) atoms. The van der Waals surface area contributed by atoms with Gasteiger partial charge in [0, 0.05) is 0 Å². The summed E-state index contributed by atoms with van der Waals surface area (Å²) in [7, 11) is -8.64. The molecular weight excluding hydrogens is 458 g/mol. The maximum Gasteiger partial charge on any atom is 0.243 e. The van der Waals surface area contributed by atoms with E-state index in [0.717, 1.165) is 6.07 Å². The Labute approximate surface area is 163 Å². The number of hydrogen-bond donors (Lipinski definition) is 2. The van der Waals surface area contributed by atoms with Crippen LogP contribution in [0.2, 0.25) is 20.1 Å². The van der Waals surface area contributed by atoms with Crippen LogP contribution in [0, 0.1) is 0 Å². The van der Waals surface area contributed by atoms with Gasteiger partial charge in [-0.05, 0) is 12.1 Å². The molecule has 0 fully saturated rings. The number of benzene rings is 2. The van der Waals surface area contributed by atoms with E-state index < -0.39 is 45.6 Å². The van der Waals surface area contributed by atoms with Crippen LogP contribution in [0.3, 0.4) is 0 Å². The van der Waals surface area contributed by atoms with Gasteiger partial charge in [0.2, 0.25) is 20.0 Å². The zero-order chi connectivity index (χ0) is 19.2. The van der Waals surface area contributed by atoms with E-state index in [-0.39, 0.29) is 15.8 Å². The molecule has 0 radical (unpaired) electrons. The minimum absolute atomic E-state index is 0.302. The first kappa shape index (κ1) is 20.5. The molecule has 13 heteroatoms. The number of nitrogens with two attached hydrogens (primary N) is 2. The Morgan fingerprint density at radius 1 is 0.760 bits per heavy atom. The third kappa shape index (κ3) is 4.15. The van der Waals surface area contributed by atoms with Crippen molar-refractivity contribution < 1.29 is 21.6 Å². The fourth-order valence-corrected chi connectivity index (χ4v) is 4.54. The first-order valence-electron chi connectivity index (χ1n) is 6.04. The zero-order valence-corrected chi connectivity index (χ0v) is 16.5. The molecule has 0 aliphatic heterocycles. The van der Waals surface area contributed by atoms with Crippen molar-refractivity contribution in [3.8, 4) is 11.5 Å². The highest BCUT2D eigenvalue weighted by Crippen LogP contribution is 2.49. The molecular formula is C12H8Cl4N2O5S2. The van der Waals surface area contributed by atoms with Gasteiger partial charge in [0.05, 0.1) is 15.1 Å². The second-order valence-corrected chi connectivity index (χ2v) is 9.09. The monoisotopic (exact) mass is 464 g/mol. The molecule has 0 heterocycles. The first-order chi connectivity index (χ1) is 11.4. The van der Waals surface area contributed by atoms with Gasteiger partial charge in [0.15, 0.2) is 5.75 Å². The van der Waals surface area contributed by atoms with Gasteiger partial charge < -0.3 is 4.74 Å². The van der Waals surface area contributed by atoms with Crippen LogP contribution in [0.25, 0.3) is 0 Å². The summed E-state index contributed by atoms with van der Waals surface area (Å²) in [5.41, 5.74) is 0. The predicted octanol–water partition coefficient (Wildman–Crippen LogP) is 3.39. The van der Waals surface area contributed by atoms with Crippen molar-refractivity contribution in [2.45, 2.75) is 9.79 Å². The molecule has 0 saturated carbocycles. The predicted molar refractivity (Wildman–Crippen MR) is 95.7 cm³/mol. The quantitative estimate of drug-likeness (QED) is 0.527. The van der Waals surface area contributed by atoms with Crippen LogP contribution in [0.1, 0.15) is 0 Å². The number of primary sulfonamides is 2. The van der Waals surface area contributed by atoms with Crippen LogP contribution in [0.4, 0.5) is 0 Å². The van der Waals surface area contributed by atoms with Crippen molar-refractivity contribution in [2.24, 2.45) is 10.3 Å². The van der Waals surface area contributed by atoms with E-state index in [4.69, 9.17) is 61.4 Å². The van der Waals surface area contributed by atoms with Gasteiger partial charge in [0.1, 0.15) is 20.6 Å². The van der Waals surface area contributed by atoms with E-state index in [1.165, 1.54) is 18.2 Å². The second-order valence-electron chi connectivity index (χ2n) is 4.55. The summed E-state index contributed by atoms with van der Waals surface area (Å²) in [5.74, 6) is -0.897. The van der Waals surface area contributed by atoms with E-state index >= 15 is 0 Å². The van der Waals surface area contributed by atoms with E-state index in [1.54, 1.807) is 0 Å². The maximum atomic E-state index is 11.9. The largest absolute Gasteiger partial charge is 0.453 e. The number of hydrogen-bond acceptors (Lipinski definition) is 5. The lowest BCUT2D eigenvalue weighted by atomic mass is 10.3. The number of sulfonamides is 2. The lowest BCUT2D eigenvalue weighted by Crippen LogP contribution is -2.16. The molecule has 7 nitrogen and oxygen atoms in total. The van der Waals surface area contributed by atoms with Gasteiger partial charge in [-0.3, -0.25) is 0 Å². The molecule has 2 aromatic carbocycles. The van der Waals surface area contributed by atoms with E-state index in [0.29, 0.717) is 0 Å². The summed E-state index contributed by atoms with van der Waals surface area (Å²) in [6.07, 6.45) is 0. The standard InChI is InChI=1S/C12H8Cl4N2O5S2/c13-7-8(14)10(16)12(25(18,21)22)11(9(7)15)23-5-3-1-2-4-6(5)24(17,19)20/h1-4H,(H2,17,19,20)(H2,18,21,22). The topological polar surface area (TPSA) is 130 Å². The molecule has 0 unspecified atom stereocenters. The third-order valence-corrected chi connectivity index (χ3v) is 6.64. The minimum Gasteiger partial charge on any atom is -0.453 e.